The number of benzene rings is 1. The fourth-order valence-electron chi connectivity index (χ4n) is 3.73. The van der Waals surface area contributed by atoms with Gasteiger partial charge in [-0.2, -0.15) is 22.6 Å². The number of fused-ring (bicyclic) bond motifs is 1. The Bertz CT molecular complexity index is 1100. The first-order chi connectivity index (χ1) is 14.3. The predicted octanol–water partition coefficient (Wildman–Crippen LogP) is 2.75. The van der Waals surface area contributed by atoms with E-state index in [0.717, 1.165) is 10.4 Å². The van der Waals surface area contributed by atoms with Crippen LogP contribution in [0.3, 0.4) is 0 Å². The second-order valence-electron chi connectivity index (χ2n) is 7.64. The second kappa shape index (κ2) is 8.15. The van der Waals surface area contributed by atoms with E-state index in [1.54, 1.807) is 0 Å². The van der Waals surface area contributed by atoms with Crippen molar-refractivity contribution in [2.75, 3.05) is 26.0 Å². The third kappa shape index (κ3) is 4.54. The van der Waals surface area contributed by atoms with Crippen LogP contribution in [-0.2, 0) is 34.0 Å². The molecule has 1 aliphatic carbocycles. The minimum atomic E-state index is -4.70. The lowest BCUT2D eigenvalue weighted by Crippen LogP contribution is -2.33. The number of sulfonamides is 1. The number of carbonyl (C=O) groups is 1. The van der Waals surface area contributed by atoms with Crippen LogP contribution in [0.25, 0.3) is 0 Å². The Morgan fingerprint density at radius 1 is 1.26 bits per heavy atom. The van der Waals surface area contributed by atoms with Gasteiger partial charge in [-0.1, -0.05) is 0 Å². The van der Waals surface area contributed by atoms with Crippen LogP contribution in [0.4, 0.5) is 18.9 Å². The number of halogens is 3. The summed E-state index contributed by atoms with van der Waals surface area (Å²) in [6.07, 6.45) is -1.69. The van der Waals surface area contributed by atoms with Crippen molar-refractivity contribution >= 4 is 21.7 Å². The quantitative estimate of drug-likeness (QED) is 0.712. The van der Waals surface area contributed by atoms with E-state index in [4.69, 9.17) is 5.11 Å². The normalized spacial score (nSPS) is 16.9. The summed E-state index contributed by atoms with van der Waals surface area (Å²) in [6, 6.07) is 2.08. The van der Waals surface area contributed by atoms with Crippen molar-refractivity contribution in [1.82, 2.24) is 14.1 Å². The summed E-state index contributed by atoms with van der Waals surface area (Å²) < 4.78 is 69.1. The van der Waals surface area contributed by atoms with Crippen molar-refractivity contribution in [2.45, 2.75) is 42.9 Å². The molecule has 0 saturated heterocycles. The first-order valence-electron chi connectivity index (χ1n) is 9.46. The van der Waals surface area contributed by atoms with Crippen LogP contribution in [0.5, 0.6) is 0 Å². The molecule has 0 saturated carbocycles. The summed E-state index contributed by atoms with van der Waals surface area (Å²) in [5.74, 6) is -1.07. The highest BCUT2D eigenvalue weighted by Crippen LogP contribution is 2.39. The Hall–Kier alpha value is -2.60. The monoisotopic (exact) mass is 460 g/mol. The summed E-state index contributed by atoms with van der Waals surface area (Å²) in [6.45, 7) is -0.349. The van der Waals surface area contributed by atoms with Gasteiger partial charge < -0.3 is 10.0 Å². The average Bonchev–Trinajstić information content (AvgIpc) is 3.08. The summed E-state index contributed by atoms with van der Waals surface area (Å²) in [5, 5.41) is 13.1. The number of rotatable bonds is 6. The summed E-state index contributed by atoms with van der Waals surface area (Å²) in [5.41, 5.74) is 0.252. The Labute approximate surface area is 177 Å². The van der Waals surface area contributed by atoms with Gasteiger partial charge in [-0.3, -0.25) is 9.48 Å². The molecule has 8 nitrogen and oxygen atoms in total. The van der Waals surface area contributed by atoms with Gasteiger partial charge in [0.15, 0.2) is 0 Å². The fourth-order valence-corrected chi connectivity index (χ4v) is 5.16. The maximum Gasteiger partial charge on any atom is 0.416 e. The molecule has 1 N–H and O–H groups in total. The zero-order valence-electron chi connectivity index (χ0n) is 17.2. The molecule has 1 heterocycles. The Kier molecular flexibility index (Phi) is 6.07. The van der Waals surface area contributed by atoms with Crippen molar-refractivity contribution in [3.8, 4) is 0 Å². The first kappa shape index (κ1) is 23.1. The average molecular weight is 460 g/mol. The molecular weight excluding hydrogens is 437 g/mol. The fraction of sp³-hybridized carbons (Fsp3) is 0.474. The van der Waals surface area contributed by atoms with Gasteiger partial charge in [0.2, 0.25) is 10.0 Å². The minimum absolute atomic E-state index is 0.111. The van der Waals surface area contributed by atoms with E-state index >= 15 is 0 Å². The number of aliphatic carboxylic acids is 1. The van der Waals surface area contributed by atoms with Crippen molar-refractivity contribution in [3.63, 3.8) is 0 Å². The molecule has 2 aromatic rings. The lowest BCUT2D eigenvalue weighted by molar-refractivity contribution is -0.138. The molecule has 0 radical (unpaired) electrons. The van der Waals surface area contributed by atoms with E-state index in [9.17, 15) is 26.4 Å². The number of alkyl halides is 3. The van der Waals surface area contributed by atoms with E-state index in [1.165, 1.54) is 43.0 Å². The molecule has 0 aliphatic heterocycles. The Balaban J connectivity index is 2.03. The maximum atomic E-state index is 13.4. The minimum Gasteiger partial charge on any atom is -0.480 e. The van der Waals surface area contributed by atoms with Crippen LogP contribution in [0.15, 0.2) is 29.3 Å². The molecule has 3 rings (SSSR count). The van der Waals surface area contributed by atoms with Crippen molar-refractivity contribution in [1.29, 1.82) is 0 Å². The van der Waals surface area contributed by atoms with E-state index in [-0.39, 0.29) is 12.2 Å². The highest BCUT2D eigenvalue weighted by atomic mass is 32.2. The molecule has 12 heteroatoms. The Morgan fingerprint density at radius 2 is 1.94 bits per heavy atom. The van der Waals surface area contributed by atoms with Crippen LogP contribution in [0.1, 0.15) is 35.7 Å². The van der Waals surface area contributed by atoms with Crippen molar-refractivity contribution < 1.29 is 31.5 Å². The molecule has 1 aromatic carbocycles. The lowest BCUT2D eigenvalue weighted by Gasteiger charge is -2.31. The molecule has 0 fully saturated rings. The van der Waals surface area contributed by atoms with Crippen LogP contribution in [0.2, 0.25) is 0 Å². The largest absolute Gasteiger partial charge is 0.480 e. The number of aromatic nitrogens is 2. The Morgan fingerprint density at radius 3 is 2.52 bits per heavy atom. The van der Waals surface area contributed by atoms with E-state index < -0.39 is 38.7 Å². The van der Waals surface area contributed by atoms with Gasteiger partial charge in [-0.25, -0.2) is 8.42 Å². The smallest absolute Gasteiger partial charge is 0.416 e. The van der Waals surface area contributed by atoms with E-state index in [0.29, 0.717) is 36.6 Å². The molecule has 1 atom stereocenters. The SMILES string of the molecule is CN(C)c1cc(C(F)(F)F)cc(S(=O)(=O)N(C)[C@@H]2CCCc3c2cnn3CC(=O)O)c1. The van der Waals surface area contributed by atoms with Gasteiger partial charge in [0.25, 0.3) is 0 Å². The number of carboxylic acids is 1. The van der Waals surface area contributed by atoms with Gasteiger partial charge in [0.1, 0.15) is 6.54 Å². The zero-order chi connectivity index (χ0) is 23.1. The van der Waals surface area contributed by atoms with Crippen molar-refractivity contribution in [3.05, 3.63) is 41.2 Å². The zero-order valence-corrected chi connectivity index (χ0v) is 18.0. The van der Waals surface area contributed by atoms with Gasteiger partial charge in [0.05, 0.1) is 22.7 Å². The molecule has 170 valence electrons. The van der Waals surface area contributed by atoms with Crippen LogP contribution < -0.4 is 4.90 Å². The number of carboxylic acid groups (broad SMARTS) is 1. The molecular formula is C19H23F3N4O4S. The number of hydrogen-bond donors (Lipinski definition) is 1. The lowest BCUT2D eigenvalue weighted by atomic mass is 9.93. The molecule has 0 bridgehead atoms. The summed E-state index contributed by atoms with van der Waals surface area (Å²) in [4.78, 5) is 12.0. The third-order valence-electron chi connectivity index (χ3n) is 5.37. The van der Waals surface area contributed by atoms with Crippen LogP contribution in [0, 0.1) is 0 Å². The highest BCUT2D eigenvalue weighted by molar-refractivity contribution is 7.89. The number of anilines is 1. The van der Waals surface area contributed by atoms with Crippen LogP contribution in [-0.4, -0.2) is 54.7 Å². The number of nitrogens with zero attached hydrogens (tertiary/aromatic N) is 4. The van der Waals surface area contributed by atoms with Gasteiger partial charge in [0, 0.05) is 38.1 Å². The van der Waals surface area contributed by atoms with E-state index in [2.05, 4.69) is 5.10 Å². The van der Waals surface area contributed by atoms with Gasteiger partial charge in [-0.05, 0) is 37.5 Å². The van der Waals surface area contributed by atoms with Crippen molar-refractivity contribution in [2.24, 2.45) is 0 Å². The van der Waals surface area contributed by atoms with Crippen LogP contribution >= 0.6 is 0 Å². The second-order valence-corrected chi connectivity index (χ2v) is 9.63. The molecule has 31 heavy (non-hydrogen) atoms. The highest BCUT2D eigenvalue weighted by Gasteiger charge is 2.37. The molecule has 0 unspecified atom stereocenters. The predicted molar refractivity (Wildman–Crippen MR) is 106 cm³/mol. The van der Waals surface area contributed by atoms with Gasteiger partial charge >= 0.3 is 12.1 Å². The summed E-state index contributed by atoms with van der Waals surface area (Å²) in [7, 11) is 0.0933. The first-order valence-corrected chi connectivity index (χ1v) is 10.9. The third-order valence-corrected chi connectivity index (χ3v) is 7.21. The number of hydrogen-bond acceptors (Lipinski definition) is 5. The maximum absolute atomic E-state index is 13.4. The summed E-state index contributed by atoms with van der Waals surface area (Å²) >= 11 is 0. The van der Waals surface area contributed by atoms with Gasteiger partial charge in [-0.15, -0.1) is 0 Å². The molecule has 1 aromatic heterocycles. The molecule has 1 aliphatic rings. The molecule has 0 amide bonds. The molecule has 0 spiro atoms. The topological polar surface area (TPSA) is 95.7 Å². The van der Waals surface area contributed by atoms with E-state index in [1.807, 2.05) is 0 Å². The standard InChI is InChI=1S/C19H23F3N4O4S/c1-24(2)13-7-12(19(20,21)22)8-14(9-13)31(29,30)25(3)16-5-4-6-17-15(16)10-23-26(17)11-18(27)28/h7-10,16H,4-6,11H2,1-3H3,(H,27,28)/t16-/m1/s1.